The molecule has 1 atom stereocenters. The number of hydrogen-bond acceptors (Lipinski definition) is 7. The van der Waals surface area contributed by atoms with E-state index in [9.17, 15) is 19.2 Å². The minimum absolute atomic E-state index is 0.000839. The van der Waals surface area contributed by atoms with Gasteiger partial charge in [0.25, 0.3) is 5.91 Å². The Kier molecular flexibility index (Phi) is 10.4. The van der Waals surface area contributed by atoms with Crippen LogP contribution in [0, 0.1) is 0 Å². The van der Waals surface area contributed by atoms with E-state index in [4.69, 9.17) is 37.1 Å². The maximum Gasteiger partial charge on any atom is 0.407 e. The van der Waals surface area contributed by atoms with Gasteiger partial charge in [0.1, 0.15) is 17.4 Å². The first-order valence-electron chi connectivity index (χ1n) is 10.7. The fourth-order valence-corrected chi connectivity index (χ4v) is 3.51. The number of esters is 1. The number of furan rings is 1. The number of alkyl carbamates (subject to hydrolysis) is 1. The van der Waals surface area contributed by atoms with Crippen LogP contribution in [0.2, 0.25) is 10.0 Å². The zero-order valence-electron chi connectivity index (χ0n) is 20.1. The van der Waals surface area contributed by atoms with Gasteiger partial charge in [-0.25, -0.2) is 9.59 Å². The lowest BCUT2D eigenvalue weighted by Gasteiger charge is -2.22. The van der Waals surface area contributed by atoms with Crippen LogP contribution in [0.3, 0.4) is 0 Å². The Morgan fingerprint density at radius 3 is 2.33 bits per heavy atom. The highest BCUT2D eigenvalue weighted by molar-refractivity contribution is 6.39. The van der Waals surface area contributed by atoms with Crippen molar-refractivity contribution in [2.75, 3.05) is 13.7 Å². The molecule has 0 saturated carbocycles. The van der Waals surface area contributed by atoms with Gasteiger partial charge in [0, 0.05) is 12.6 Å². The molecular formula is C24H27Cl2N3O7. The smallest absolute Gasteiger partial charge is 0.407 e. The Bertz CT molecular complexity index is 1100. The molecule has 12 heteroatoms. The van der Waals surface area contributed by atoms with E-state index in [-0.39, 0.29) is 34.6 Å². The number of nitrogens with one attached hydrogen (secondary N) is 3. The van der Waals surface area contributed by atoms with Crippen LogP contribution in [-0.2, 0) is 25.6 Å². The van der Waals surface area contributed by atoms with Crippen molar-refractivity contribution in [3.63, 3.8) is 0 Å². The molecule has 194 valence electrons. The van der Waals surface area contributed by atoms with Gasteiger partial charge in [0.15, 0.2) is 0 Å². The fraction of sp³-hybridized carbons (Fsp3) is 0.333. The Hall–Kier alpha value is -3.50. The first-order chi connectivity index (χ1) is 16.9. The number of ether oxygens (including phenoxy) is 2. The molecule has 0 aliphatic rings. The van der Waals surface area contributed by atoms with E-state index in [1.807, 2.05) is 0 Å². The van der Waals surface area contributed by atoms with Gasteiger partial charge < -0.3 is 29.8 Å². The van der Waals surface area contributed by atoms with Gasteiger partial charge >= 0.3 is 12.1 Å². The number of halogens is 2. The van der Waals surface area contributed by atoms with E-state index >= 15 is 0 Å². The molecule has 0 saturated heterocycles. The van der Waals surface area contributed by atoms with Crippen molar-refractivity contribution in [1.29, 1.82) is 0 Å². The summed E-state index contributed by atoms with van der Waals surface area (Å²) in [6, 6.07) is 5.09. The van der Waals surface area contributed by atoms with Crippen LogP contribution in [0.4, 0.5) is 4.79 Å². The first kappa shape index (κ1) is 28.7. The number of methoxy groups -OCH3 is 1. The fourth-order valence-electron chi connectivity index (χ4n) is 2.80. The molecule has 10 nitrogen and oxygen atoms in total. The van der Waals surface area contributed by atoms with E-state index < -0.39 is 29.6 Å². The van der Waals surface area contributed by atoms with Crippen molar-refractivity contribution in [2.45, 2.75) is 39.0 Å². The van der Waals surface area contributed by atoms with E-state index in [0.717, 1.165) is 7.11 Å². The SMILES string of the molecule is COC(=O)[C@H](CNC(=O)OC(C)(C)C)NC(=O)c1c(Cl)cc(CNC(=O)C=Cc2ccco2)cc1Cl. The van der Waals surface area contributed by atoms with E-state index in [0.29, 0.717) is 11.3 Å². The highest BCUT2D eigenvalue weighted by Crippen LogP contribution is 2.27. The monoisotopic (exact) mass is 539 g/mol. The molecule has 2 aromatic rings. The predicted molar refractivity (Wildman–Crippen MR) is 134 cm³/mol. The number of amides is 3. The number of carbonyl (C=O) groups is 4. The second-order valence-corrected chi connectivity index (χ2v) is 9.25. The molecule has 36 heavy (non-hydrogen) atoms. The van der Waals surface area contributed by atoms with Gasteiger partial charge in [-0.3, -0.25) is 9.59 Å². The lowest BCUT2D eigenvalue weighted by molar-refractivity contribution is -0.142. The molecule has 0 bridgehead atoms. The third-order valence-corrected chi connectivity index (χ3v) is 4.97. The van der Waals surface area contributed by atoms with Crippen molar-refractivity contribution in [1.82, 2.24) is 16.0 Å². The molecule has 0 unspecified atom stereocenters. The van der Waals surface area contributed by atoms with Crippen molar-refractivity contribution in [2.24, 2.45) is 0 Å². The summed E-state index contributed by atoms with van der Waals surface area (Å²) in [6.45, 7) is 4.85. The van der Waals surface area contributed by atoms with E-state index in [1.165, 1.54) is 30.5 Å². The molecule has 0 aliphatic heterocycles. The number of hydrogen-bond donors (Lipinski definition) is 3. The van der Waals surface area contributed by atoms with Crippen molar-refractivity contribution >= 4 is 53.2 Å². The Morgan fingerprint density at radius 2 is 1.78 bits per heavy atom. The third-order valence-electron chi connectivity index (χ3n) is 4.38. The average Bonchev–Trinajstić information content (AvgIpc) is 3.30. The van der Waals surface area contributed by atoms with Crippen molar-refractivity contribution in [3.8, 4) is 0 Å². The molecule has 1 aromatic carbocycles. The molecule has 2 rings (SSSR count). The van der Waals surface area contributed by atoms with E-state index in [2.05, 4.69) is 16.0 Å². The lowest BCUT2D eigenvalue weighted by Crippen LogP contribution is -2.49. The maximum absolute atomic E-state index is 12.8. The van der Waals surface area contributed by atoms with E-state index in [1.54, 1.807) is 32.9 Å². The normalized spacial score (nSPS) is 12.1. The average molecular weight is 540 g/mol. The summed E-state index contributed by atoms with van der Waals surface area (Å²) in [5.41, 5.74) is -0.291. The lowest BCUT2D eigenvalue weighted by atomic mass is 10.1. The minimum Gasteiger partial charge on any atom is -0.467 e. The van der Waals surface area contributed by atoms with Crippen LogP contribution in [0.5, 0.6) is 0 Å². The number of carbonyl (C=O) groups excluding carboxylic acids is 4. The second-order valence-electron chi connectivity index (χ2n) is 8.43. The minimum atomic E-state index is -1.23. The highest BCUT2D eigenvalue weighted by atomic mass is 35.5. The Labute approximate surface area is 218 Å². The van der Waals surface area contributed by atoms with Gasteiger partial charge in [0.05, 0.1) is 35.5 Å². The summed E-state index contributed by atoms with van der Waals surface area (Å²) in [7, 11) is 1.14. The van der Waals surface area contributed by atoms with Crippen LogP contribution in [-0.4, -0.2) is 49.2 Å². The van der Waals surface area contributed by atoms with Gasteiger partial charge in [0.2, 0.25) is 5.91 Å². The molecule has 1 heterocycles. The summed E-state index contributed by atoms with van der Waals surface area (Å²) >= 11 is 12.6. The highest BCUT2D eigenvalue weighted by Gasteiger charge is 2.26. The summed E-state index contributed by atoms with van der Waals surface area (Å²) in [4.78, 5) is 48.9. The third kappa shape index (κ3) is 9.27. The molecule has 1 aromatic heterocycles. The van der Waals surface area contributed by atoms with Gasteiger partial charge in [-0.05, 0) is 56.7 Å². The van der Waals surface area contributed by atoms with Crippen LogP contribution >= 0.6 is 23.2 Å². The number of rotatable bonds is 9. The van der Waals surface area contributed by atoms with Gasteiger partial charge in [-0.1, -0.05) is 23.2 Å². The first-order valence-corrected chi connectivity index (χ1v) is 11.5. The van der Waals surface area contributed by atoms with Crippen LogP contribution in [0.15, 0.2) is 41.0 Å². The molecular weight excluding hydrogens is 513 g/mol. The summed E-state index contributed by atoms with van der Waals surface area (Å²) in [5.74, 6) is -1.41. The molecule has 0 spiro atoms. The van der Waals surface area contributed by atoms with Crippen molar-refractivity contribution in [3.05, 3.63) is 63.5 Å². The van der Waals surface area contributed by atoms with Crippen LogP contribution in [0.25, 0.3) is 6.08 Å². The Balaban J connectivity index is 2.03. The maximum atomic E-state index is 12.8. The van der Waals surface area contributed by atoms with Crippen LogP contribution in [0.1, 0.15) is 42.5 Å². The summed E-state index contributed by atoms with van der Waals surface area (Å²) in [6.07, 6.45) is 3.54. The Morgan fingerprint density at radius 1 is 1.11 bits per heavy atom. The zero-order chi connectivity index (χ0) is 26.9. The molecule has 0 aliphatic carbocycles. The second kappa shape index (κ2) is 13.0. The van der Waals surface area contributed by atoms with Gasteiger partial charge in [-0.2, -0.15) is 0 Å². The molecule has 3 N–H and O–H groups in total. The zero-order valence-corrected chi connectivity index (χ0v) is 21.7. The molecule has 0 radical (unpaired) electrons. The summed E-state index contributed by atoms with van der Waals surface area (Å²) in [5, 5.41) is 7.51. The predicted octanol–water partition coefficient (Wildman–Crippen LogP) is 3.71. The topological polar surface area (TPSA) is 136 Å². The standard InChI is InChI=1S/C24H27Cl2N3O7/c1-24(2,3)36-23(33)28-13-18(22(32)34-4)29-21(31)20-16(25)10-14(11-17(20)26)12-27-19(30)8-7-15-6-5-9-35-15/h5-11,18H,12-13H2,1-4H3,(H,27,30)(H,28,33)(H,29,31)/t18-/m0/s1. The van der Waals surface area contributed by atoms with Gasteiger partial charge in [-0.15, -0.1) is 0 Å². The quantitative estimate of drug-likeness (QED) is 0.326. The van der Waals surface area contributed by atoms with Crippen LogP contribution < -0.4 is 16.0 Å². The largest absolute Gasteiger partial charge is 0.467 e. The summed E-state index contributed by atoms with van der Waals surface area (Å²) < 4.78 is 14.9. The number of benzene rings is 1. The molecule has 3 amide bonds. The van der Waals surface area contributed by atoms with Crippen molar-refractivity contribution < 1.29 is 33.1 Å². The molecule has 0 fully saturated rings.